The van der Waals surface area contributed by atoms with E-state index in [0.29, 0.717) is 5.02 Å². The van der Waals surface area contributed by atoms with E-state index in [9.17, 15) is 0 Å². The van der Waals surface area contributed by atoms with Gasteiger partial charge in [-0.3, -0.25) is 0 Å². The van der Waals surface area contributed by atoms with Crippen molar-refractivity contribution in [3.8, 4) is 11.4 Å². The molecule has 0 spiro atoms. The zero-order chi connectivity index (χ0) is 13.1. The van der Waals surface area contributed by atoms with Gasteiger partial charge in [0.2, 0.25) is 0 Å². The second kappa shape index (κ2) is 5.63. The molecule has 3 rings (SSSR count). The molecule has 0 radical (unpaired) electrons. The van der Waals surface area contributed by atoms with Crippen molar-refractivity contribution < 1.29 is 4.74 Å². The number of rotatable bonds is 3. The Hall–Kier alpha value is -1.52. The summed E-state index contributed by atoms with van der Waals surface area (Å²) in [6.07, 6.45) is 6.13. The highest BCUT2D eigenvalue weighted by Gasteiger charge is 2.15. The first-order chi connectivity index (χ1) is 9.31. The van der Waals surface area contributed by atoms with Gasteiger partial charge in [0, 0.05) is 11.6 Å². The molecule has 5 heteroatoms. The average molecular weight is 278 g/mol. The molecular formula is C14H16ClN3O. The maximum Gasteiger partial charge on any atom is 0.158 e. The smallest absolute Gasteiger partial charge is 0.158 e. The number of nitrogens with one attached hydrogen (secondary N) is 1. The van der Waals surface area contributed by atoms with Gasteiger partial charge in [-0.25, -0.2) is 4.68 Å². The van der Waals surface area contributed by atoms with Gasteiger partial charge in [0.15, 0.2) is 5.75 Å². The van der Waals surface area contributed by atoms with E-state index in [-0.39, 0.29) is 6.10 Å². The molecule has 1 unspecified atom stereocenters. The zero-order valence-corrected chi connectivity index (χ0v) is 11.3. The van der Waals surface area contributed by atoms with Crippen LogP contribution >= 0.6 is 11.6 Å². The average Bonchev–Trinajstić information content (AvgIpc) is 2.88. The lowest BCUT2D eigenvalue weighted by Crippen LogP contribution is -2.37. The number of hydrogen-bond donors (Lipinski definition) is 1. The van der Waals surface area contributed by atoms with Gasteiger partial charge in [0.05, 0.1) is 18.1 Å². The van der Waals surface area contributed by atoms with Gasteiger partial charge in [0.1, 0.15) is 6.10 Å². The van der Waals surface area contributed by atoms with Crippen LogP contribution in [0.2, 0.25) is 5.02 Å². The predicted octanol–water partition coefficient (Wildman–Crippen LogP) is 2.66. The quantitative estimate of drug-likeness (QED) is 0.937. The van der Waals surface area contributed by atoms with Gasteiger partial charge in [-0.2, -0.15) is 5.10 Å². The molecule has 1 aromatic heterocycles. The molecule has 100 valence electrons. The highest BCUT2D eigenvalue weighted by atomic mass is 35.5. The number of hydrogen-bond acceptors (Lipinski definition) is 3. The number of halogens is 1. The van der Waals surface area contributed by atoms with E-state index in [2.05, 4.69) is 10.4 Å². The third-order valence-electron chi connectivity index (χ3n) is 3.19. The molecule has 19 heavy (non-hydrogen) atoms. The summed E-state index contributed by atoms with van der Waals surface area (Å²) in [4.78, 5) is 0. The second-order valence-electron chi connectivity index (χ2n) is 4.69. The lowest BCUT2D eigenvalue weighted by molar-refractivity contribution is 0.167. The molecule has 1 fully saturated rings. The molecule has 1 aliphatic rings. The van der Waals surface area contributed by atoms with Crippen molar-refractivity contribution in [1.29, 1.82) is 0 Å². The van der Waals surface area contributed by atoms with Crippen LogP contribution in [0.5, 0.6) is 5.75 Å². The van der Waals surface area contributed by atoms with Gasteiger partial charge < -0.3 is 10.1 Å². The third kappa shape index (κ3) is 3.08. The van der Waals surface area contributed by atoms with Crippen molar-refractivity contribution in [1.82, 2.24) is 15.1 Å². The standard InChI is InChI=1S/C14H16ClN3O/c15-11-3-1-4-12(7-11)18-10-14(9-17-18)19-13-5-2-6-16-8-13/h1,3-4,7,9-10,13,16H,2,5-6,8H2. The highest BCUT2D eigenvalue weighted by molar-refractivity contribution is 6.30. The fourth-order valence-corrected chi connectivity index (χ4v) is 2.42. The number of benzene rings is 1. The molecule has 1 aromatic carbocycles. The minimum Gasteiger partial charge on any atom is -0.486 e. The summed E-state index contributed by atoms with van der Waals surface area (Å²) in [7, 11) is 0. The summed E-state index contributed by atoms with van der Waals surface area (Å²) in [5.74, 6) is 0.800. The minimum atomic E-state index is 0.241. The first-order valence-electron chi connectivity index (χ1n) is 6.49. The van der Waals surface area contributed by atoms with E-state index < -0.39 is 0 Å². The van der Waals surface area contributed by atoms with Crippen LogP contribution < -0.4 is 10.1 Å². The summed E-state index contributed by atoms with van der Waals surface area (Å²) in [5, 5.41) is 8.34. The van der Waals surface area contributed by atoms with Crippen molar-refractivity contribution in [2.75, 3.05) is 13.1 Å². The number of piperidine rings is 1. The number of aromatic nitrogens is 2. The maximum atomic E-state index is 5.98. The van der Waals surface area contributed by atoms with E-state index >= 15 is 0 Å². The van der Waals surface area contributed by atoms with E-state index in [1.807, 2.05) is 30.5 Å². The summed E-state index contributed by atoms with van der Waals surface area (Å²) >= 11 is 5.98. The highest BCUT2D eigenvalue weighted by Crippen LogP contribution is 2.19. The molecule has 1 atom stereocenters. The molecule has 0 aliphatic carbocycles. The summed E-state index contributed by atoms with van der Waals surface area (Å²) < 4.78 is 7.68. The van der Waals surface area contributed by atoms with Crippen molar-refractivity contribution >= 4 is 11.6 Å². The Bertz CT molecular complexity index is 549. The van der Waals surface area contributed by atoms with Crippen molar-refractivity contribution in [2.24, 2.45) is 0 Å². The van der Waals surface area contributed by atoms with Crippen LogP contribution in [0.25, 0.3) is 5.69 Å². The monoisotopic (exact) mass is 277 g/mol. The minimum absolute atomic E-state index is 0.241. The maximum absolute atomic E-state index is 5.98. The van der Waals surface area contributed by atoms with Crippen LogP contribution in [-0.2, 0) is 0 Å². The van der Waals surface area contributed by atoms with Gasteiger partial charge >= 0.3 is 0 Å². The Kier molecular flexibility index (Phi) is 3.71. The Morgan fingerprint density at radius 3 is 3.16 bits per heavy atom. The molecule has 0 amide bonds. The fraction of sp³-hybridized carbons (Fsp3) is 0.357. The topological polar surface area (TPSA) is 39.1 Å². The van der Waals surface area contributed by atoms with Crippen molar-refractivity contribution in [3.05, 3.63) is 41.7 Å². The summed E-state index contributed by atoms with van der Waals surface area (Å²) in [5.41, 5.74) is 0.934. The van der Waals surface area contributed by atoms with Gasteiger partial charge in [-0.15, -0.1) is 0 Å². The molecule has 2 aromatic rings. The van der Waals surface area contributed by atoms with Crippen LogP contribution in [0.1, 0.15) is 12.8 Å². The summed E-state index contributed by atoms with van der Waals surface area (Å²) in [6.45, 7) is 1.99. The molecule has 1 aliphatic heterocycles. The van der Waals surface area contributed by atoms with Gasteiger partial charge in [-0.05, 0) is 37.6 Å². The first kappa shape index (κ1) is 12.5. The Labute approximate surface area is 117 Å². The lowest BCUT2D eigenvalue weighted by atomic mass is 10.1. The SMILES string of the molecule is Clc1cccc(-n2cc(OC3CCCNC3)cn2)c1. The van der Waals surface area contributed by atoms with E-state index in [4.69, 9.17) is 16.3 Å². The summed E-state index contributed by atoms with van der Waals surface area (Å²) in [6, 6.07) is 7.59. The third-order valence-corrected chi connectivity index (χ3v) is 3.42. The molecule has 4 nitrogen and oxygen atoms in total. The molecule has 1 saturated heterocycles. The van der Waals surface area contributed by atoms with Gasteiger partial charge in [-0.1, -0.05) is 17.7 Å². The van der Waals surface area contributed by atoms with Crippen LogP contribution in [0.4, 0.5) is 0 Å². The molecule has 1 N–H and O–H groups in total. The van der Waals surface area contributed by atoms with Crippen LogP contribution in [0.3, 0.4) is 0 Å². The zero-order valence-electron chi connectivity index (χ0n) is 10.6. The fourth-order valence-electron chi connectivity index (χ4n) is 2.24. The Morgan fingerprint density at radius 2 is 2.37 bits per heavy atom. The number of ether oxygens (including phenoxy) is 1. The predicted molar refractivity (Wildman–Crippen MR) is 75.1 cm³/mol. The van der Waals surface area contributed by atoms with Crippen molar-refractivity contribution in [3.63, 3.8) is 0 Å². The van der Waals surface area contributed by atoms with Crippen molar-refractivity contribution in [2.45, 2.75) is 18.9 Å². The second-order valence-corrected chi connectivity index (χ2v) is 5.12. The Morgan fingerprint density at radius 1 is 1.42 bits per heavy atom. The number of nitrogens with zero attached hydrogens (tertiary/aromatic N) is 2. The van der Waals surface area contributed by atoms with E-state index in [1.54, 1.807) is 10.9 Å². The van der Waals surface area contributed by atoms with E-state index in [0.717, 1.165) is 37.4 Å². The van der Waals surface area contributed by atoms with Gasteiger partial charge in [0.25, 0.3) is 0 Å². The molecular weight excluding hydrogens is 262 g/mol. The first-order valence-corrected chi connectivity index (χ1v) is 6.87. The Balaban J connectivity index is 1.72. The van der Waals surface area contributed by atoms with Crippen LogP contribution in [0.15, 0.2) is 36.7 Å². The lowest BCUT2D eigenvalue weighted by Gasteiger charge is -2.22. The molecule has 2 heterocycles. The molecule has 0 bridgehead atoms. The van der Waals surface area contributed by atoms with Crippen LogP contribution in [0, 0.1) is 0 Å². The van der Waals surface area contributed by atoms with E-state index in [1.165, 1.54) is 0 Å². The van der Waals surface area contributed by atoms with Crippen LogP contribution in [-0.4, -0.2) is 29.0 Å². The largest absolute Gasteiger partial charge is 0.486 e. The molecule has 0 saturated carbocycles. The normalized spacial score (nSPS) is 19.3.